The molecule has 2 aromatic heterocycles. The van der Waals surface area contributed by atoms with Crippen LogP contribution in [-0.4, -0.2) is 20.3 Å². The molecule has 0 spiro atoms. The van der Waals surface area contributed by atoms with E-state index in [9.17, 15) is 22.8 Å². The van der Waals surface area contributed by atoms with Gasteiger partial charge >= 0.3 is 6.18 Å². The third-order valence-corrected chi connectivity index (χ3v) is 2.61. The maximum Gasteiger partial charge on any atom is 0.417 e. The molecule has 1 amide bonds. The fraction of sp³-hybridized carbons (Fsp3) is 0.250. The van der Waals surface area contributed by atoms with Crippen LogP contribution in [0, 0.1) is 0 Å². The van der Waals surface area contributed by atoms with E-state index in [1.165, 1.54) is 17.1 Å². The first-order valence-corrected chi connectivity index (χ1v) is 5.82. The topological polar surface area (TPSA) is 68.9 Å². The molecular formula is C12H11F3N4O2. The Hall–Kier alpha value is -2.58. The number of hydrogen-bond donors (Lipinski definition) is 1. The molecule has 0 aromatic carbocycles. The maximum absolute atomic E-state index is 12.6. The van der Waals surface area contributed by atoms with Crippen LogP contribution in [-0.2, 0) is 24.6 Å². The second kappa shape index (κ2) is 5.43. The van der Waals surface area contributed by atoms with Crippen molar-refractivity contribution in [3.05, 3.63) is 46.6 Å². The molecule has 0 aliphatic carbocycles. The molecule has 0 saturated heterocycles. The highest BCUT2D eigenvalue weighted by Crippen LogP contribution is 2.27. The molecule has 0 radical (unpaired) electrons. The van der Waals surface area contributed by atoms with E-state index >= 15 is 0 Å². The Morgan fingerprint density at radius 2 is 2.05 bits per heavy atom. The number of carbonyl (C=O) groups excluding carboxylic acids is 1. The van der Waals surface area contributed by atoms with Gasteiger partial charge < -0.3 is 9.88 Å². The minimum atomic E-state index is -4.57. The smallest absolute Gasteiger partial charge is 0.322 e. The first-order chi connectivity index (χ1) is 9.75. The normalized spacial score (nSPS) is 11.4. The van der Waals surface area contributed by atoms with Crippen molar-refractivity contribution >= 4 is 11.6 Å². The Kier molecular flexibility index (Phi) is 3.83. The fourth-order valence-electron chi connectivity index (χ4n) is 1.66. The van der Waals surface area contributed by atoms with Crippen LogP contribution in [0.3, 0.4) is 0 Å². The maximum atomic E-state index is 12.6. The summed E-state index contributed by atoms with van der Waals surface area (Å²) in [6.07, 6.45) is -1.06. The van der Waals surface area contributed by atoms with E-state index < -0.39 is 29.8 Å². The highest BCUT2D eigenvalue weighted by Gasteiger charge is 2.31. The minimum absolute atomic E-state index is 0.391. The molecule has 0 saturated carbocycles. The lowest BCUT2D eigenvalue weighted by Gasteiger charge is -2.10. The van der Waals surface area contributed by atoms with Gasteiger partial charge in [-0.2, -0.15) is 18.3 Å². The van der Waals surface area contributed by atoms with Gasteiger partial charge in [0.2, 0.25) is 5.91 Å². The fourth-order valence-corrected chi connectivity index (χ4v) is 1.66. The molecule has 0 aliphatic rings. The molecule has 0 atom stereocenters. The predicted molar refractivity (Wildman–Crippen MR) is 67.5 cm³/mol. The van der Waals surface area contributed by atoms with Crippen LogP contribution in [0.15, 0.2) is 35.5 Å². The zero-order valence-corrected chi connectivity index (χ0v) is 10.9. The van der Waals surface area contributed by atoms with Crippen molar-refractivity contribution in [2.45, 2.75) is 12.7 Å². The third-order valence-electron chi connectivity index (χ3n) is 2.61. The molecule has 9 heteroatoms. The molecule has 1 N–H and O–H groups in total. The summed E-state index contributed by atoms with van der Waals surface area (Å²) in [5.41, 5.74) is -1.29. The van der Waals surface area contributed by atoms with Gasteiger partial charge in [-0.1, -0.05) is 0 Å². The number of rotatable bonds is 3. The van der Waals surface area contributed by atoms with Gasteiger partial charge in [0.25, 0.3) is 5.56 Å². The Morgan fingerprint density at radius 1 is 1.33 bits per heavy atom. The van der Waals surface area contributed by atoms with Crippen LogP contribution < -0.4 is 10.9 Å². The van der Waals surface area contributed by atoms with Crippen LogP contribution in [0.25, 0.3) is 0 Å². The summed E-state index contributed by atoms with van der Waals surface area (Å²) in [7, 11) is 1.65. The Labute approximate surface area is 116 Å². The number of carbonyl (C=O) groups is 1. The van der Waals surface area contributed by atoms with E-state index in [2.05, 4.69) is 10.4 Å². The number of nitrogens with zero attached hydrogens (tertiary/aromatic N) is 3. The van der Waals surface area contributed by atoms with Gasteiger partial charge in [0, 0.05) is 25.5 Å². The van der Waals surface area contributed by atoms with Crippen molar-refractivity contribution in [2.24, 2.45) is 7.05 Å². The number of aryl methyl sites for hydroxylation is 1. The number of aromatic nitrogens is 3. The Bertz CT molecular complexity index is 718. The van der Waals surface area contributed by atoms with Gasteiger partial charge in [-0.3, -0.25) is 14.3 Å². The van der Waals surface area contributed by atoms with Crippen LogP contribution in [0.5, 0.6) is 0 Å². The number of pyridine rings is 1. The SMILES string of the molecule is Cn1cc(NC(=O)Cn2cc(C(F)(F)F)ccc2=O)cn1. The van der Waals surface area contributed by atoms with Crippen molar-refractivity contribution < 1.29 is 18.0 Å². The number of nitrogens with one attached hydrogen (secondary N) is 1. The molecule has 0 aliphatic heterocycles. The average molecular weight is 300 g/mol. The first-order valence-electron chi connectivity index (χ1n) is 5.82. The quantitative estimate of drug-likeness (QED) is 0.927. The molecule has 2 aromatic rings. The first kappa shape index (κ1) is 14.8. The van der Waals surface area contributed by atoms with E-state index in [-0.39, 0.29) is 0 Å². The van der Waals surface area contributed by atoms with E-state index in [1.807, 2.05) is 0 Å². The summed E-state index contributed by atoms with van der Waals surface area (Å²) in [6.45, 7) is -0.516. The van der Waals surface area contributed by atoms with E-state index in [4.69, 9.17) is 0 Å². The summed E-state index contributed by atoms with van der Waals surface area (Å²) in [5.74, 6) is -0.621. The van der Waals surface area contributed by atoms with Gasteiger partial charge in [-0.05, 0) is 6.07 Å². The van der Waals surface area contributed by atoms with E-state index in [1.54, 1.807) is 7.05 Å². The summed E-state index contributed by atoms with van der Waals surface area (Å²) < 4.78 is 39.8. The van der Waals surface area contributed by atoms with Crippen LogP contribution in [0.4, 0.5) is 18.9 Å². The summed E-state index contributed by atoms with van der Waals surface area (Å²) >= 11 is 0. The van der Waals surface area contributed by atoms with Crippen molar-refractivity contribution in [3.8, 4) is 0 Å². The molecule has 21 heavy (non-hydrogen) atoms. The number of amides is 1. The van der Waals surface area contributed by atoms with Crippen molar-refractivity contribution in [1.82, 2.24) is 14.3 Å². The van der Waals surface area contributed by atoms with E-state index in [0.717, 1.165) is 6.07 Å². The van der Waals surface area contributed by atoms with Crippen molar-refractivity contribution in [3.63, 3.8) is 0 Å². The van der Waals surface area contributed by atoms with Gasteiger partial charge in [0.15, 0.2) is 0 Å². The summed E-state index contributed by atoms with van der Waals surface area (Å²) in [5, 5.41) is 6.26. The second-order valence-electron chi connectivity index (χ2n) is 4.33. The van der Waals surface area contributed by atoms with Gasteiger partial charge in [-0.15, -0.1) is 0 Å². The van der Waals surface area contributed by atoms with Crippen molar-refractivity contribution in [1.29, 1.82) is 0 Å². The molecule has 112 valence electrons. The predicted octanol–water partition coefficient (Wildman–Crippen LogP) is 1.24. The number of alkyl halides is 3. The average Bonchev–Trinajstić information content (AvgIpc) is 2.76. The van der Waals surface area contributed by atoms with Crippen LogP contribution >= 0.6 is 0 Å². The highest BCUT2D eigenvalue weighted by atomic mass is 19.4. The lowest BCUT2D eigenvalue weighted by atomic mass is 10.3. The molecule has 6 nitrogen and oxygen atoms in total. The summed E-state index contributed by atoms with van der Waals surface area (Å²) in [6, 6.07) is 1.46. The monoisotopic (exact) mass is 300 g/mol. The number of hydrogen-bond acceptors (Lipinski definition) is 3. The molecule has 0 fully saturated rings. The molecule has 0 unspecified atom stereocenters. The molecular weight excluding hydrogens is 289 g/mol. The molecule has 2 rings (SSSR count). The van der Waals surface area contributed by atoms with Gasteiger partial charge in [-0.25, -0.2) is 0 Å². The van der Waals surface area contributed by atoms with Gasteiger partial charge in [0.05, 0.1) is 17.4 Å². The number of anilines is 1. The lowest BCUT2D eigenvalue weighted by molar-refractivity contribution is -0.138. The molecule has 0 bridgehead atoms. The van der Waals surface area contributed by atoms with Crippen LogP contribution in [0.1, 0.15) is 5.56 Å². The standard InChI is InChI=1S/C12H11F3N4O2/c1-18-6-9(4-16-18)17-10(20)7-19-5-8(12(13,14)15)2-3-11(19)21/h2-6H,7H2,1H3,(H,17,20). The Morgan fingerprint density at radius 3 is 2.62 bits per heavy atom. The summed E-state index contributed by atoms with van der Waals surface area (Å²) in [4.78, 5) is 23.2. The van der Waals surface area contributed by atoms with E-state index in [0.29, 0.717) is 22.5 Å². The zero-order chi connectivity index (χ0) is 15.6. The highest BCUT2D eigenvalue weighted by molar-refractivity contribution is 5.90. The van der Waals surface area contributed by atoms with Crippen LogP contribution in [0.2, 0.25) is 0 Å². The number of halogens is 3. The lowest BCUT2D eigenvalue weighted by Crippen LogP contribution is -2.28. The minimum Gasteiger partial charge on any atom is -0.322 e. The van der Waals surface area contributed by atoms with Gasteiger partial charge in [0.1, 0.15) is 6.54 Å². The van der Waals surface area contributed by atoms with Crippen molar-refractivity contribution in [2.75, 3.05) is 5.32 Å². The second-order valence-corrected chi connectivity index (χ2v) is 4.33. The zero-order valence-electron chi connectivity index (χ0n) is 10.9. The third kappa shape index (κ3) is 3.71. The molecule has 2 heterocycles. The Balaban J connectivity index is 2.15. The largest absolute Gasteiger partial charge is 0.417 e.